The van der Waals surface area contributed by atoms with Crippen LogP contribution in [-0.4, -0.2) is 136 Å². The van der Waals surface area contributed by atoms with Crippen LogP contribution in [0.5, 0.6) is 0 Å². The zero-order chi connectivity index (χ0) is 50.3. The number of thioether (sulfide) groups is 1. The monoisotopic (exact) mass is 1010 g/mol. The number of nitrogens with zero attached hydrogens (tertiary/aromatic N) is 6. The van der Waals surface area contributed by atoms with Crippen molar-refractivity contribution >= 4 is 60.0 Å². The lowest BCUT2D eigenvalue weighted by Crippen LogP contribution is -2.53. The Hall–Kier alpha value is -3.23. The van der Waals surface area contributed by atoms with Crippen LogP contribution in [0.25, 0.3) is 0 Å². The van der Waals surface area contributed by atoms with Crippen LogP contribution >= 0.6 is 35.0 Å². The Morgan fingerprint density at radius 2 is 1.10 bits per heavy atom. The first-order valence-corrected chi connectivity index (χ1v) is 27.7. The highest BCUT2D eigenvalue weighted by molar-refractivity contribution is 7.98. The standard InChI is InChI=1S/C28H44ClN3O3.C26H40ClN3O3S/c1-7-17-32-19-30-28(20(3)8-2,35-27(33)34-6)25(32)18-21-9-11-22(12-10-21)26(31(4)5)23-13-15-24(29)16-14-23;1-6-15-30-18-28-26(17-34-5,33-25(31)32-4)23(30)16-19-7-9-20(10-8-19)24(29(2)3)21-11-13-22(27)14-12-21/h13-16,19-22,25-26H,7-12,17-18H2,1-6H3;11-14,18-20,23-24H,6-10,15-17H2,1-5H3. The molecule has 12 nitrogen and oxygen atoms in total. The maximum Gasteiger partial charge on any atom is 0.510 e. The van der Waals surface area contributed by atoms with E-state index in [0.29, 0.717) is 41.5 Å². The number of hydrogen-bond donors (Lipinski definition) is 0. The van der Waals surface area contributed by atoms with E-state index in [2.05, 4.69) is 99.8 Å². The normalized spacial score (nSPS) is 28.0. The molecule has 2 fully saturated rings. The summed E-state index contributed by atoms with van der Waals surface area (Å²) in [6.45, 7) is 10.4. The largest absolute Gasteiger partial charge is 0.510 e. The second-order valence-electron chi connectivity index (χ2n) is 20.4. The molecule has 0 bridgehead atoms. The molecule has 0 aromatic heterocycles. The molecule has 0 spiro atoms. The van der Waals surface area contributed by atoms with Crippen LogP contribution in [0.3, 0.4) is 0 Å². The third-order valence-electron chi connectivity index (χ3n) is 15.4. The van der Waals surface area contributed by atoms with Crippen molar-refractivity contribution in [2.75, 3.05) is 67.5 Å². The lowest BCUT2D eigenvalue weighted by molar-refractivity contribution is -0.0884. The van der Waals surface area contributed by atoms with E-state index in [-0.39, 0.29) is 18.0 Å². The zero-order valence-corrected chi connectivity index (χ0v) is 45.9. The van der Waals surface area contributed by atoms with Gasteiger partial charge >= 0.3 is 12.3 Å². The van der Waals surface area contributed by atoms with E-state index in [0.717, 1.165) is 55.2 Å². The first-order valence-electron chi connectivity index (χ1n) is 25.6. The van der Waals surface area contributed by atoms with Gasteiger partial charge in [0.2, 0.25) is 11.4 Å². The van der Waals surface area contributed by atoms with Crippen LogP contribution in [0.2, 0.25) is 10.0 Å². The van der Waals surface area contributed by atoms with Crippen LogP contribution in [0.4, 0.5) is 9.59 Å². The quantitative estimate of drug-likeness (QED) is 0.118. The van der Waals surface area contributed by atoms with E-state index < -0.39 is 23.8 Å². The van der Waals surface area contributed by atoms with Gasteiger partial charge in [-0.1, -0.05) is 101 Å². The molecule has 2 aliphatic carbocycles. The van der Waals surface area contributed by atoms with Gasteiger partial charge in [-0.05, 0) is 151 Å². The molecule has 0 saturated heterocycles. The molecule has 4 aliphatic rings. The molecule has 2 aliphatic heterocycles. The van der Waals surface area contributed by atoms with Crippen LogP contribution in [0, 0.1) is 29.6 Å². The minimum Gasteiger partial charge on any atom is -0.438 e. The van der Waals surface area contributed by atoms with Gasteiger partial charge in [0.1, 0.15) is 0 Å². The Kier molecular flexibility index (Phi) is 22.2. The van der Waals surface area contributed by atoms with Crippen molar-refractivity contribution in [1.29, 1.82) is 0 Å². The number of benzene rings is 2. The van der Waals surface area contributed by atoms with Crippen LogP contribution in [-0.2, 0) is 18.9 Å². The molecule has 15 heteroatoms. The number of carbonyl (C=O) groups is 2. The van der Waals surface area contributed by atoms with Crippen molar-refractivity contribution in [1.82, 2.24) is 19.6 Å². The molecule has 0 amide bonds. The first kappa shape index (κ1) is 56.7. The minimum atomic E-state index is -0.886. The summed E-state index contributed by atoms with van der Waals surface area (Å²) in [6, 6.07) is 17.5. The van der Waals surface area contributed by atoms with Crippen molar-refractivity contribution in [2.24, 2.45) is 39.6 Å². The topological polar surface area (TPSA) is 109 Å². The fourth-order valence-corrected chi connectivity index (χ4v) is 12.9. The van der Waals surface area contributed by atoms with Crippen LogP contribution in [0.15, 0.2) is 58.5 Å². The number of ether oxygens (including phenoxy) is 4. The molecule has 0 radical (unpaired) electrons. The second-order valence-corrected chi connectivity index (χ2v) is 22.1. The predicted molar refractivity (Wildman–Crippen MR) is 285 cm³/mol. The van der Waals surface area contributed by atoms with Crippen molar-refractivity contribution in [3.63, 3.8) is 0 Å². The Labute approximate surface area is 429 Å². The van der Waals surface area contributed by atoms with Gasteiger partial charge in [-0.2, -0.15) is 11.8 Å². The van der Waals surface area contributed by atoms with E-state index in [4.69, 9.17) is 52.1 Å². The third-order valence-corrected chi connectivity index (χ3v) is 16.6. The first-order chi connectivity index (χ1) is 33.1. The summed E-state index contributed by atoms with van der Waals surface area (Å²) in [5, 5.41) is 1.56. The highest BCUT2D eigenvalue weighted by Gasteiger charge is 2.53. The Morgan fingerprint density at radius 1 is 0.681 bits per heavy atom. The Bertz CT molecular complexity index is 1930. The van der Waals surface area contributed by atoms with Gasteiger partial charge in [-0.3, -0.25) is 0 Å². The lowest BCUT2D eigenvalue weighted by Gasteiger charge is -2.43. The van der Waals surface area contributed by atoms with Gasteiger partial charge in [0.25, 0.3) is 0 Å². The molecule has 386 valence electrons. The number of hydrogen-bond acceptors (Lipinski definition) is 13. The van der Waals surface area contributed by atoms with Crippen LogP contribution < -0.4 is 0 Å². The van der Waals surface area contributed by atoms with Crippen molar-refractivity contribution < 1.29 is 28.5 Å². The number of aliphatic imine (C=N–C) groups is 2. The molecule has 6 rings (SSSR count). The molecular weight excluding hydrogens is 932 g/mol. The third kappa shape index (κ3) is 14.5. The summed E-state index contributed by atoms with van der Waals surface area (Å²) in [5.74, 6) is 3.11. The SMILES string of the molecule is CCCN1C=NC(CSC)(OC(=O)OC)C1CC1CCC(C(c2ccc(Cl)cc2)N(C)C)CC1.CCCN1C=NC(OC(=O)OC)(C(C)CC)C1CC1CCC(C(c2ccc(Cl)cc2)N(C)C)CC1. The summed E-state index contributed by atoms with van der Waals surface area (Å²) in [7, 11) is 11.4. The van der Waals surface area contributed by atoms with Gasteiger partial charge in [0, 0.05) is 41.1 Å². The highest BCUT2D eigenvalue weighted by Crippen LogP contribution is 2.46. The molecule has 69 heavy (non-hydrogen) atoms. The molecule has 2 aromatic carbocycles. The maximum atomic E-state index is 12.3. The molecule has 7 atom stereocenters. The van der Waals surface area contributed by atoms with E-state index >= 15 is 0 Å². The number of rotatable bonds is 20. The Morgan fingerprint density at radius 3 is 1.51 bits per heavy atom. The van der Waals surface area contributed by atoms with E-state index in [9.17, 15) is 9.59 Å². The van der Waals surface area contributed by atoms with Gasteiger partial charge in [0.05, 0.1) is 44.7 Å². The number of carbonyl (C=O) groups excluding carboxylic acids is 2. The average molecular weight is 1020 g/mol. The fourth-order valence-electron chi connectivity index (χ4n) is 11.9. The molecule has 2 saturated carbocycles. The molecule has 2 aromatic rings. The van der Waals surface area contributed by atoms with Crippen molar-refractivity contribution in [3.05, 3.63) is 69.7 Å². The lowest BCUT2D eigenvalue weighted by atomic mass is 9.73. The van der Waals surface area contributed by atoms with Gasteiger partial charge < -0.3 is 38.5 Å². The molecule has 0 N–H and O–H groups in total. The van der Waals surface area contributed by atoms with Gasteiger partial charge in [-0.15, -0.1) is 0 Å². The smallest absolute Gasteiger partial charge is 0.438 e. The molecule has 7 unspecified atom stereocenters. The maximum absolute atomic E-state index is 12.3. The van der Waals surface area contributed by atoms with E-state index in [1.165, 1.54) is 76.7 Å². The van der Waals surface area contributed by atoms with Crippen molar-refractivity contribution in [2.45, 2.75) is 147 Å². The molecule has 2 heterocycles. The predicted octanol–water partition coefficient (Wildman–Crippen LogP) is 12.9. The number of halogens is 2. The minimum absolute atomic E-state index is 0.0407. The summed E-state index contributed by atoms with van der Waals surface area (Å²) in [6.07, 6.45) is 18.8. The number of methoxy groups -OCH3 is 2. The summed E-state index contributed by atoms with van der Waals surface area (Å²) < 4.78 is 21.6. The van der Waals surface area contributed by atoms with Gasteiger partial charge in [0.15, 0.2) is 0 Å². The van der Waals surface area contributed by atoms with Gasteiger partial charge in [-0.25, -0.2) is 19.6 Å². The molecular formula is C54H84Cl2N6O6S. The highest BCUT2D eigenvalue weighted by atomic mass is 35.5. The summed E-state index contributed by atoms with van der Waals surface area (Å²) in [4.78, 5) is 43.3. The van der Waals surface area contributed by atoms with Crippen LogP contribution in [0.1, 0.15) is 134 Å². The second kappa shape index (κ2) is 27.0. The van der Waals surface area contributed by atoms with Crippen molar-refractivity contribution in [3.8, 4) is 0 Å². The van der Waals surface area contributed by atoms with E-state index in [1.54, 1.807) is 11.8 Å². The summed E-state index contributed by atoms with van der Waals surface area (Å²) in [5.41, 5.74) is 0.905. The Balaban J connectivity index is 0.000000258. The average Bonchev–Trinajstić information content (AvgIpc) is 3.84. The summed E-state index contributed by atoms with van der Waals surface area (Å²) >= 11 is 13.9. The van der Waals surface area contributed by atoms with E-state index in [1.807, 2.05) is 43.2 Å². The fraction of sp³-hybridized carbons (Fsp3) is 0.704. The zero-order valence-electron chi connectivity index (χ0n) is 43.6.